The van der Waals surface area contributed by atoms with Gasteiger partial charge in [0.05, 0.1) is 10.6 Å². The van der Waals surface area contributed by atoms with Gasteiger partial charge in [0.25, 0.3) is 0 Å². The molecule has 2 N–H and O–H groups in total. The fourth-order valence-corrected chi connectivity index (χ4v) is 3.34. The minimum Gasteiger partial charge on any atom is -0.396 e. The first-order chi connectivity index (χ1) is 11.1. The number of nitrogens with one attached hydrogen (secondary N) is 1. The van der Waals surface area contributed by atoms with Gasteiger partial charge >= 0.3 is 6.18 Å². The van der Waals surface area contributed by atoms with Crippen LogP contribution < -0.4 is 5.32 Å². The molecule has 1 aliphatic heterocycles. The van der Waals surface area contributed by atoms with Crippen LogP contribution in [-0.4, -0.2) is 42.8 Å². The molecule has 1 saturated heterocycles. The lowest BCUT2D eigenvalue weighted by Gasteiger charge is -2.43. The van der Waals surface area contributed by atoms with Crippen molar-refractivity contribution in [2.45, 2.75) is 26.1 Å². The summed E-state index contributed by atoms with van der Waals surface area (Å²) in [6.45, 7) is 5.48. The van der Waals surface area contributed by atoms with Crippen molar-refractivity contribution in [2.75, 3.05) is 32.8 Å². The van der Waals surface area contributed by atoms with Crippen molar-refractivity contribution in [3.63, 3.8) is 0 Å². The average Bonchev–Trinajstić information content (AvgIpc) is 2.51. The van der Waals surface area contributed by atoms with Gasteiger partial charge in [-0.05, 0) is 12.1 Å². The Morgan fingerprint density at radius 2 is 1.80 bits per heavy atom. The zero-order valence-electron chi connectivity index (χ0n) is 14.0. The second-order valence-corrected chi connectivity index (χ2v) is 7.10. The summed E-state index contributed by atoms with van der Waals surface area (Å²) in [5, 5.41) is 12.3. The van der Waals surface area contributed by atoms with Crippen molar-refractivity contribution in [1.82, 2.24) is 10.2 Å². The van der Waals surface area contributed by atoms with Crippen LogP contribution in [0.1, 0.15) is 31.0 Å². The van der Waals surface area contributed by atoms with Crippen LogP contribution in [-0.2, 0) is 6.18 Å². The second-order valence-electron chi connectivity index (χ2n) is 6.69. The first kappa shape index (κ1) is 22.4. The third-order valence-corrected chi connectivity index (χ3v) is 4.62. The van der Waals surface area contributed by atoms with E-state index in [1.165, 1.54) is 0 Å². The van der Waals surface area contributed by atoms with E-state index in [-0.39, 0.29) is 24.6 Å². The highest BCUT2D eigenvalue weighted by atomic mass is 35.5. The molecular weight excluding hydrogens is 383 g/mol. The summed E-state index contributed by atoms with van der Waals surface area (Å²) in [6.07, 6.45) is -4.62. The van der Waals surface area contributed by atoms with E-state index in [1.807, 2.05) is 4.90 Å². The molecular formula is C16H22Cl2F4N2O. The average molecular weight is 405 g/mol. The maximum atomic E-state index is 14.6. The van der Waals surface area contributed by atoms with Crippen LogP contribution in [0.15, 0.2) is 12.1 Å². The number of hydrogen-bond acceptors (Lipinski definition) is 3. The smallest absolute Gasteiger partial charge is 0.396 e. The van der Waals surface area contributed by atoms with E-state index in [0.717, 1.165) is 6.07 Å². The number of aliphatic hydroxyl groups is 1. The zero-order chi connectivity index (χ0) is 18.1. The van der Waals surface area contributed by atoms with Crippen molar-refractivity contribution in [3.05, 3.63) is 34.1 Å². The van der Waals surface area contributed by atoms with Gasteiger partial charge in [0.15, 0.2) is 0 Å². The molecule has 0 amide bonds. The van der Waals surface area contributed by atoms with Crippen LogP contribution in [0.5, 0.6) is 0 Å². The molecule has 1 heterocycles. The number of nitrogens with zero attached hydrogens (tertiary/aromatic N) is 1. The van der Waals surface area contributed by atoms with Crippen LogP contribution in [0.4, 0.5) is 17.6 Å². The number of hydrogen-bond donors (Lipinski definition) is 2. The van der Waals surface area contributed by atoms with Crippen molar-refractivity contribution in [3.8, 4) is 0 Å². The van der Waals surface area contributed by atoms with Crippen LogP contribution >= 0.6 is 24.0 Å². The summed E-state index contributed by atoms with van der Waals surface area (Å²) in [7, 11) is 0. The summed E-state index contributed by atoms with van der Waals surface area (Å²) in [4.78, 5) is 1.89. The van der Waals surface area contributed by atoms with Gasteiger partial charge in [-0.2, -0.15) is 13.2 Å². The minimum atomic E-state index is -4.62. The molecule has 3 nitrogen and oxygen atoms in total. The van der Waals surface area contributed by atoms with E-state index in [4.69, 9.17) is 11.6 Å². The van der Waals surface area contributed by atoms with Gasteiger partial charge in [0, 0.05) is 49.8 Å². The summed E-state index contributed by atoms with van der Waals surface area (Å²) < 4.78 is 53.9. The molecule has 1 aromatic carbocycles. The Bertz CT molecular complexity index is 590. The highest BCUT2D eigenvalue weighted by Crippen LogP contribution is 2.43. The number of piperazine rings is 1. The van der Waals surface area contributed by atoms with E-state index in [1.54, 1.807) is 13.8 Å². The number of benzene rings is 1. The Labute approximate surface area is 155 Å². The number of halogens is 6. The van der Waals surface area contributed by atoms with Crippen molar-refractivity contribution < 1.29 is 22.7 Å². The molecule has 1 aliphatic rings. The lowest BCUT2D eigenvalue weighted by Crippen LogP contribution is -2.49. The van der Waals surface area contributed by atoms with Crippen LogP contribution in [0.2, 0.25) is 5.02 Å². The van der Waals surface area contributed by atoms with Gasteiger partial charge in [-0.3, -0.25) is 4.90 Å². The molecule has 25 heavy (non-hydrogen) atoms. The molecule has 0 saturated carbocycles. The molecule has 0 aromatic heterocycles. The highest BCUT2D eigenvalue weighted by Gasteiger charge is 2.40. The second kappa shape index (κ2) is 8.39. The van der Waals surface area contributed by atoms with Gasteiger partial charge in [-0.1, -0.05) is 25.4 Å². The fourth-order valence-electron chi connectivity index (χ4n) is 3.11. The van der Waals surface area contributed by atoms with E-state index in [2.05, 4.69) is 5.32 Å². The standard InChI is InChI=1S/C16H21ClF4N2O.ClH/c1-15(2,9-24)14(23-5-3-22-4-6-23)11-7-10(16(19,20)21)8-12(17)13(11)18;/h7-8,14,22,24H,3-6,9H2,1-2H3;1H/t14-;/m0./s1. The van der Waals surface area contributed by atoms with Crippen LogP contribution in [0.3, 0.4) is 0 Å². The molecule has 2 rings (SSSR count). The van der Waals surface area contributed by atoms with Crippen molar-refractivity contribution >= 4 is 24.0 Å². The van der Waals surface area contributed by atoms with E-state index in [0.29, 0.717) is 32.2 Å². The quantitative estimate of drug-likeness (QED) is 0.747. The largest absolute Gasteiger partial charge is 0.416 e. The summed E-state index contributed by atoms with van der Waals surface area (Å²) in [6, 6.07) is 0.691. The Kier molecular flexibility index (Phi) is 7.53. The summed E-state index contributed by atoms with van der Waals surface area (Å²) in [5.74, 6) is -0.866. The molecule has 0 bridgehead atoms. The van der Waals surface area contributed by atoms with Crippen LogP contribution in [0, 0.1) is 11.2 Å². The van der Waals surface area contributed by atoms with E-state index in [9.17, 15) is 22.7 Å². The fraction of sp³-hybridized carbons (Fsp3) is 0.625. The van der Waals surface area contributed by atoms with E-state index >= 15 is 0 Å². The molecule has 1 atom stereocenters. The molecule has 1 fully saturated rings. The Morgan fingerprint density at radius 1 is 1.24 bits per heavy atom. The molecule has 0 radical (unpaired) electrons. The monoisotopic (exact) mass is 404 g/mol. The lowest BCUT2D eigenvalue weighted by atomic mass is 9.79. The zero-order valence-corrected chi connectivity index (χ0v) is 15.5. The third kappa shape index (κ3) is 4.98. The van der Waals surface area contributed by atoms with Crippen molar-refractivity contribution in [1.29, 1.82) is 0 Å². The first-order valence-electron chi connectivity index (χ1n) is 7.69. The highest BCUT2D eigenvalue weighted by molar-refractivity contribution is 6.30. The molecule has 1 aromatic rings. The molecule has 144 valence electrons. The van der Waals surface area contributed by atoms with Gasteiger partial charge < -0.3 is 10.4 Å². The van der Waals surface area contributed by atoms with Crippen LogP contribution in [0.25, 0.3) is 0 Å². The summed E-state index contributed by atoms with van der Waals surface area (Å²) in [5.41, 5.74) is -1.96. The van der Waals surface area contributed by atoms with Crippen molar-refractivity contribution in [2.24, 2.45) is 5.41 Å². The van der Waals surface area contributed by atoms with E-state index < -0.39 is 34.0 Å². The maximum absolute atomic E-state index is 14.6. The first-order valence-corrected chi connectivity index (χ1v) is 8.07. The topological polar surface area (TPSA) is 35.5 Å². The Hall–Kier alpha value is -0.600. The number of rotatable bonds is 4. The maximum Gasteiger partial charge on any atom is 0.416 e. The number of aliphatic hydroxyl groups excluding tert-OH is 1. The SMILES string of the molecule is CC(C)(CO)[C@H](c1cc(C(F)(F)F)cc(Cl)c1F)N1CCNCC1.Cl. The predicted molar refractivity (Wildman–Crippen MR) is 91.7 cm³/mol. The number of alkyl halides is 3. The lowest BCUT2D eigenvalue weighted by molar-refractivity contribution is -0.137. The molecule has 0 aliphatic carbocycles. The molecule has 0 unspecified atom stereocenters. The van der Waals surface area contributed by atoms with Gasteiger partial charge in [-0.25, -0.2) is 4.39 Å². The Morgan fingerprint density at radius 3 is 2.28 bits per heavy atom. The third-order valence-electron chi connectivity index (χ3n) is 4.34. The Balaban J connectivity index is 0.00000312. The minimum absolute atomic E-state index is 0. The van der Waals surface area contributed by atoms with Gasteiger partial charge in [0.2, 0.25) is 0 Å². The molecule has 9 heteroatoms. The predicted octanol–water partition coefficient (Wildman–Crippen LogP) is 3.88. The summed E-state index contributed by atoms with van der Waals surface area (Å²) >= 11 is 5.73. The van der Waals surface area contributed by atoms with Gasteiger partial charge in [0.1, 0.15) is 5.82 Å². The normalized spacial score (nSPS) is 17.9. The molecule has 0 spiro atoms. The van der Waals surface area contributed by atoms with Gasteiger partial charge in [-0.15, -0.1) is 12.4 Å².